The minimum absolute atomic E-state index is 0.0188. The summed E-state index contributed by atoms with van der Waals surface area (Å²) in [7, 11) is 1.68. The lowest BCUT2D eigenvalue weighted by Gasteiger charge is -2.25. The van der Waals surface area contributed by atoms with E-state index in [0.29, 0.717) is 5.69 Å². The standard InChI is InChI=1S/C18H22N4O2/c1-24-17-7-3-2-5-14(17)16-6-4-9-21(16)18(23)15-11-13-12-19-8-10-22(13)20-15/h2-3,5,7,11,16,19H,4,6,8-10,12H2,1H3/t16-/m1/s1. The molecule has 1 saturated heterocycles. The lowest BCUT2D eigenvalue weighted by molar-refractivity contribution is 0.0727. The maximum atomic E-state index is 13.0. The van der Waals surface area contributed by atoms with Gasteiger partial charge in [0, 0.05) is 25.2 Å². The number of hydrogen-bond donors (Lipinski definition) is 1. The quantitative estimate of drug-likeness (QED) is 0.937. The number of carbonyl (C=O) groups excluding carboxylic acids is 1. The predicted octanol–water partition coefficient (Wildman–Crippen LogP) is 1.97. The fourth-order valence-electron chi connectivity index (χ4n) is 3.72. The van der Waals surface area contributed by atoms with Crippen LogP contribution in [0.15, 0.2) is 30.3 Å². The van der Waals surface area contributed by atoms with Crippen molar-refractivity contribution in [1.29, 1.82) is 0 Å². The molecule has 0 spiro atoms. The first-order chi connectivity index (χ1) is 11.8. The summed E-state index contributed by atoms with van der Waals surface area (Å²) in [6.07, 6.45) is 1.96. The van der Waals surface area contributed by atoms with Gasteiger partial charge in [0.25, 0.3) is 5.91 Å². The molecule has 3 heterocycles. The van der Waals surface area contributed by atoms with Gasteiger partial charge >= 0.3 is 0 Å². The molecule has 0 aliphatic carbocycles. The van der Waals surface area contributed by atoms with E-state index in [4.69, 9.17) is 4.74 Å². The van der Waals surface area contributed by atoms with E-state index in [1.165, 1.54) is 0 Å². The topological polar surface area (TPSA) is 59.4 Å². The molecule has 4 rings (SSSR count). The number of amides is 1. The molecule has 2 aliphatic rings. The second-order valence-electron chi connectivity index (χ2n) is 6.32. The van der Waals surface area contributed by atoms with Crippen molar-refractivity contribution in [2.45, 2.75) is 32.0 Å². The first-order valence-corrected chi connectivity index (χ1v) is 8.49. The predicted molar refractivity (Wildman–Crippen MR) is 89.9 cm³/mol. The van der Waals surface area contributed by atoms with Crippen molar-refractivity contribution in [3.8, 4) is 5.75 Å². The summed E-state index contributed by atoms with van der Waals surface area (Å²) in [4.78, 5) is 15.0. The summed E-state index contributed by atoms with van der Waals surface area (Å²) < 4.78 is 7.43. The van der Waals surface area contributed by atoms with Crippen LogP contribution in [-0.4, -0.2) is 40.8 Å². The van der Waals surface area contributed by atoms with E-state index < -0.39 is 0 Å². The molecular weight excluding hydrogens is 304 g/mol. The van der Waals surface area contributed by atoms with Crippen molar-refractivity contribution in [3.05, 3.63) is 47.3 Å². The molecule has 0 bridgehead atoms. The number of carbonyl (C=O) groups is 1. The summed E-state index contributed by atoms with van der Waals surface area (Å²) in [6, 6.07) is 9.95. The zero-order valence-corrected chi connectivity index (χ0v) is 13.9. The SMILES string of the molecule is COc1ccccc1[C@H]1CCCN1C(=O)c1cc2n(n1)CCNC2. The van der Waals surface area contributed by atoms with E-state index in [0.717, 1.165) is 56.0 Å². The number of ether oxygens (including phenoxy) is 1. The largest absolute Gasteiger partial charge is 0.496 e. The van der Waals surface area contributed by atoms with Gasteiger partial charge in [-0.15, -0.1) is 0 Å². The van der Waals surface area contributed by atoms with Crippen molar-refractivity contribution in [2.24, 2.45) is 0 Å². The zero-order valence-electron chi connectivity index (χ0n) is 13.9. The van der Waals surface area contributed by atoms with Crippen LogP contribution in [0.4, 0.5) is 0 Å². The van der Waals surface area contributed by atoms with Gasteiger partial charge < -0.3 is 15.0 Å². The number of methoxy groups -OCH3 is 1. The van der Waals surface area contributed by atoms with Gasteiger partial charge in [0.15, 0.2) is 5.69 Å². The van der Waals surface area contributed by atoms with Gasteiger partial charge in [0.1, 0.15) is 5.75 Å². The fourth-order valence-corrected chi connectivity index (χ4v) is 3.72. The molecule has 126 valence electrons. The molecule has 1 amide bonds. The molecule has 6 heteroatoms. The molecule has 6 nitrogen and oxygen atoms in total. The monoisotopic (exact) mass is 326 g/mol. The van der Waals surface area contributed by atoms with Crippen LogP contribution in [0.5, 0.6) is 5.75 Å². The summed E-state index contributed by atoms with van der Waals surface area (Å²) in [5.74, 6) is 0.862. The van der Waals surface area contributed by atoms with Crippen molar-refractivity contribution < 1.29 is 9.53 Å². The molecule has 1 aromatic carbocycles. The minimum atomic E-state index is 0.0188. The van der Waals surface area contributed by atoms with Gasteiger partial charge in [0.05, 0.1) is 25.4 Å². The second kappa shape index (κ2) is 6.28. The average molecular weight is 326 g/mol. The number of rotatable bonds is 3. The van der Waals surface area contributed by atoms with Gasteiger partial charge in [-0.1, -0.05) is 18.2 Å². The van der Waals surface area contributed by atoms with Crippen molar-refractivity contribution >= 4 is 5.91 Å². The van der Waals surface area contributed by atoms with E-state index in [1.54, 1.807) is 7.11 Å². The van der Waals surface area contributed by atoms with E-state index >= 15 is 0 Å². The van der Waals surface area contributed by atoms with Gasteiger partial charge in [0.2, 0.25) is 0 Å². The third-order valence-electron chi connectivity index (χ3n) is 4.90. The Morgan fingerprint density at radius 1 is 1.33 bits per heavy atom. The first kappa shape index (κ1) is 15.2. The van der Waals surface area contributed by atoms with Crippen molar-refractivity contribution in [3.63, 3.8) is 0 Å². The average Bonchev–Trinajstić information content (AvgIpc) is 3.27. The van der Waals surface area contributed by atoms with Crippen LogP contribution in [0.3, 0.4) is 0 Å². The lowest BCUT2D eigenvalue weighted by atomic mass is 10.0. The molecule has 24 heavy (non-hydrogen) atoms. The van der Waals surface area contributed by atoms with Crippen LogP contribution in [0.25, 0.3) is 0 Å². The normalized spacial score (nSPS) is 20.0. The molecule has 2 aromatic rings. The maximum Gasteiger partial charge on any atom is 0.274 e. The van der Waals surface area contributed by atoms with E-state index in [-0.39, 0.29) is 11.9 Å². The summed E-state index contributed by atoms with van der Waals surface area (Å²) in [6.45, 7) is 3.26. The molecule has 0 unspecified atom stereocenters. The van der Waals surface area contributed by atoms with Crippen LogP contribution < -0.4 is 10.1 Å². The van der Waals surface area contributed by atoms with Gasteiger partial charge in [-0.25, -0.2) is 0 Å². The Morgan fingerprint density at radius 2 is 2.21 bits per heavy atom. The fraction of sp³-hybridized carbons (Fsp3) is 0.444. The molecule has 1 fully saturated rings. The Balaban J connectivity index is 1.62. The zero-order chi connectivity index (χ0) is 16.5. The number of hydrogen-bond acceptors (Lipinski definition) is 4. The number of nitrogens with zero attached hydrogens (tertiary/aromatic N) is 3. The van der Waals surface area contributed by atoms with Crippen LogP contribution in [0, 0.1) is 0 Å². The molecule has 1 N–H and O–H groups in total. The molecule has 0 radical (unpaired) electrons. The maximum absolute atomic E-state index is 13.0. The van der Waals surface area contributed by atoms with E-state index in [1.807, 2.05) is 33.8 Å². The van der Waals surface area contributed by atoms with Crippen LogP contribution in [0.2, 0.25) is 0 Å². The smallest absolute Gasteiger partial charge is 0.274 e. The highest BCUT2D eigenvalue weighted by molar-refractivity contribution is 5.93. The summed E-state index contributed by atoms with van der Waals surface area (Å²) in [5, 5.41) is 7.83. The van der Waals surface area contributed by atoms with Gasteiger partial charge in [-0.05, 0) is 25.0 Å². The Bertz CT molecular complexity index is 732. The Kier molecular flexibility index (Phi) is 3.98. The lowest BCUT2D eigenvalue weighted by Crippen LogP contribution is -2.31. The highest BCUT2D eigenvalue weighted by Crippen LogP contribution is 2.37. The van der Waals surface area contributed by atoms with E-state index in [2.05, 4.69) is 16.5 Å². The number of likely N-dealkylation sites (tertiary alicyclic amines) is 1. The van der Waals surface area contributed by atoms with Gasteiger partial charge in [-0.3, -0.25) is 9.48 Å². The molecular formula is C18H22N4O2. The summed E-state index contributed by atoms with van der Waals surface area (Å²) in [5.41, 5.74) is 2.71. The molecule has 2 aliphatic heterocycles. The number of aromatic nitrogens is 2. The Hall–Kier alpha value is -2.34. The molecule has 1 aromatic heterocycles. The van der Waals surface area contributed by atoms with Crippen LogP contribution in [-0.2, 0) is 13.1 Å². The number of benzene rings is 1. The van der Waals surface area contributed by atoms with Crippen molar-refractivity contribution in [1.82, 2.24) is 20.0 Å². The highest BCUT2D eigenvalue weighted by Gasteiger charge is 2.33. The van der Waals surface area contributed by atoms with Crippen molar-refractivity contribution in [2.75, 3.05) is 20.2 Å². The number of para-hydroxylation sites is 1. The van der Waals surface area contributed by atoms with Gasteiger partial charge in [-0.2, -0.15) is 5.10 Å². The molecule has 0 saturated carbocycles. The Morgan fingerprint density at radius 3 is 3.04 bits per heavy atom. The summed E-state index contributed by atoms with van der Waals surface area (Å²) >= 11 is 0. The Labute approximate surface area is 141 Å². The first-order valence-electron chi connectivity index (χ1n) is 8.49. The third kappa shape index (κ3) is 2.57. The van der Waals surface area contributed by atoms with E-state index in [9.17, 15) is 4.79 Å². The third-order valence-corrected chi connectivity index (χ3v) is 4.90. The highest BCUT2D eigenvalue weighted by atomic mass is 16.5. The second-order valence-corrected chi connectivity index (χ2v) is 6.32. The van der Waals surface area contributed by atoms with Crippen LogP contribution >= 0.6 is 0 Å². The van der Waals surface area contributed by atoms with Crippen LogP contribution in [0.1, 0.15) is 40.6 Å². The minimum Gasteiger partial charge on any atom is -0.496 e. The molecule has 1 atom stereocenters. The number of fused-ring (bicyclic) bond motifs is 1. The number of nitrogens with one attached hydrogen (secondary N) is 1.